The monoisotopic (exact) mass is 299 g/mol. The molecule has 0 saturated carbocycles. The maximum atomic E-state index is 5.64. The first-order chi connectivity index (χ1) is 10.6. The van der Waals surface area contributed by atoms with Gasteiger partial charge in [0.15, 0.2) is 5.96 Å². The zero-order valence-electron chi connectivity index (χ0n) is 13.8. The second-order valence-electron chi connectivity index (χ2n) is 5.36. The van der Waals surface area contributed by atoms with Crippen molar-refractivity contribution in [1.29, 1.82) is 0 Å². The third-order valence-electron chi connectivity index (χ3n) is 3.71. The molecule has 4 nitrogen and oxygen atoms in total. The number of furan rings is 1. The van der Waals surface area contributed by atoms with Gasteiger partial charge in [-0.05, 0) is 43.5 Å². The Morgan fingerprint density at radius 2 is 1.91 bits per heavy atom. The average molecular weight is 299 g/mol. The fourth-order valence-electron chi connectivity index (χ4n) is 2.41. The van der Waals surface area contributed by atoms with Gasteiger partial charge in [0.25, 0.3) is 0 Å². The molecule has 2 rings (SSSR count). The van der Waals surface area contributed by atoms with Crippen LogP contribution >= 0.6 is 0 Å². The van der Waals surface area contributed by atoms with Crippen molar-refractivity contribution in [1.82, 2.24) is 10.6 Å². The Hall–Kier alpha value is -2.23. The van der Waals surface area contributed by atoms with Gasteiger partial charge in [-0.2, -0.15) is 0 Å². The average Bonchev–Trinajstić information content (AvgIpc) is 2.98. The van der Waals surface area contributed by atoms with Crippen molar-refractivity contribution in [2.24, 2.45) is 4.99 Å². The van der Waals surface area contributed by atoms with Crippen LogP contribution in [0.4, 0.5) is 0 Å². The van der Waals surface area contributed by atoms with E-state index in [1.807, 2.05) is 19.1 Å². The van der Waals surface area contributed by atoms with E-state index in [1.165, 1.54) is 11.1 Å². The van der Waals surface area contributed by atoms with Crippen LogP contribution in [0.2, 0.25) is 0 Å². The molecular weight excluding hydrogens is 274 g/mol. The van der Waals surface area contributed by atoms with E-state index < -0.39 is 0 Å². The Labute approximate surface area is 132 Å². The van der Waals surface area contributed by atoms with Gasteiger partial charge >= 0.3 is 0 Å². The highest BCUT2D eigenvalue weighted by atomic mass is 16.3. The molecule has 0 fully saturated rings. The van der Waals surface area contributed by atoms with E-state index in [1.54, 1.807) is 7.05 Å². The van der Waals surface area contributed by atoms with Crippen LogP contribution in [-0.4, -0.2) is 13.0 Å². The van der Waals surface area contributed by atoms with Crippen LogP contribution in [0.25, 0.3) is 0 Å². The van der Waals surface area contributed by atoms with Gasteiger partial charge in [-0.15, -0.1) is 0 Å². The van der Waals surface area contributed by atoms with Crippen LogP contribution in [0.3, 0.4) is 0 Å². The minimum Gasteiger partial charge on any atom is -0.464 e. The van der Waals surface area contributed by atoms with E-state index in [4.69, 9.17) is 4.42 Å². The number of guanidine groups is 1. The third kappa shape index (κ3) is 4.13. The van der Waals surface area contributed by atoms with Crippen LogP contribution < -0.4 is 10.6 Å². The highest BCUT2D eigenvalue weighted by molar-refractivity contribution is 5.80. The Bertz CT molecular complexity index is 631. The number of aliphatic imine (C=N–C) groups is 1. The lowest BCUT2D eigenvalue weighted by molar-refractivity contribution is 0.441. The number of nitrogens with one attached hydrogen (secondary N) is 2. The van der Waals surface area contributed by atoms with Crippen LogP contribution in [0, 0.1) is 6.92 Å². The van der Waals surface area contributed by atoms with Gasteiger partial charge in [-0.3, -0.25) is 4.99 Å². The molecular formula is C18H25N3O. The van der Waals surface area contributed by atoms with E-state index in [0.717, 1.165) is 30.4 Å². The van der Waals surface area contributed by atoms with E-state index in [9.17, 15) is 0 Å². The molecule has 1 unspecified atom stereocenters. The van der Waals surface area contributed by atoms with Gasteiger partial charge in [0, 0.05) is 13.6 Å². The second-order valence-corrected chi connectivity index (χ2v) is 5.36. The number of rotatable bonds is 5. The summed E-state index contributed by atoms with van der Waals surface area (Å²) in [6.45, 7) is 6.94. The smallest absolute Gasteiger partial charge is 0.191 e. The predicted molar refractivity (Wildman–Crippen MR) is 91.0 cm³/mol. The lowest BCUT2D eigenvalue weighted by Crippen LogP contribution is -2.38. The van der Waals surface area contributed by atoms with Crippen molar-refractivity contribution >= 4 is 5.96 Å². The summed E-state index contributed by atoms with van der Waals surface area (Å²) < 4.78 is 5.64. The molecule has 1 heterocycles. The molecule has 1 aromatic carbocycles. The Balaban J connectivity index is 1.95. The topological polar surface area (TPSA) is 49.6 Å². The molecule has 0 aliphatic heterocycles. The summed E-state index contributed by atoms with van der Waals surface area (Å²) in [4.78, 5) is 4.28. The molecule has 2 aromatic rings. The van der Waals surface area contributed by atoms with Crippen molar-refractivity contribution in [2.75, 3.05) is 7.05 Å². The molecule has 0 bridgehead atoms. The van der Waals surface area contributed by atoms with Crippen molar-refractivity contribution in [2.45, 2.75) is 39.8 Å². The minimum atomic E-state index is 0.0707. The SMILES string of the molecule is CCc1ccccc1CNC(=NC)NC(C)c1ccc(C)o1. The number of aryl methyl sites for hydroxylation is 2. The molecule has 118 valence electrons. The van der Waals surface area contributed by atoms with Crippen LogP contribution in [0.15, 0.2) is 45.8 Å². The summed E-state index contributed by atoms with van der Waals surface area (Å²) in [5.74, 6) is 2.60. The molecule has 0 radical (unpaired) electrons. The fraction of sp³-hybridized carbons (Fsp3) is 0.389. The van der Waals surface area contributed by atoms with Gasteiger partial charge in [-0.1, -0.05) is 31.2 Å². The van der Waals surface area contributed by atoms with Crippen molar-refractivity contribution < 1.29 is 4.42 Å². The quantitative estimate of drug-likeness (QED) is 0.655. The summed E-state index contributed by atoms with van der Waals surface area (Å²) in [6.07, 6.45) is 1.03. The van der Waals surface area contributed by atoms with E-state index in [-0.39, 0.29) is 6.04 Å². The molecule has 2 N–H and O–H groups in total. The second kappa shape index (κ2) is 7.69. The van der Waals surface area contributed by atoms with Crippen LogP contribution in [0.1, 0.15) is 42.5 Å². The summed E-state index contributed by atoms with van der Waals surface area (Å²) >= 11 is 0. The summed E-state index contributed by atoms with van der Waals surface area (Å²) in [6, 6.07) is 12.5. The highest BCUT2D eigenvalue weighted by Gasteiger charge is 2.11. The highest BCUT2D eigenvalue weighted by Crippen LogP contribution is 2.15. The molecule has 0 aliphatic rings. The third-order valence-corrected chi connectivity index (χ3v) is 3.71. The van der Waals surface area contributed by atoms with Gasteiger partial charge < -0.3 is 15.1 Å². The summed E-state index contributed by atoms with van der Waals surface area (Å²) in [5.41, 5.74) is 2.66. The first kappa shape index (κ1) is 16.1. The molecule has 0 amide bonds. The molecule has 0 saturated heterocycles. The maximum Gasteiger partial charge on any atom is 0.191 e. The van der Waals surface area contributed by atoms with Gasteiger partial charge in [0.2, 0.25) is 0 Å². The Morgan fingerprint density at radius 3 is 2.50 bits per heavy atom. The summed E-state index contributed by atoms with van der Waals surface area (Å²) in [5, 5.41) is 6.71. The first-order valence-corrected chi connectivity index (χ1v) is 7.74. The van der Waals surface area contributed by atoms with E-state index in [0.29, 0.717) is 0 Å². The number of benzene rings is 1. The lowest BCUT2D eigenvalue weighted by atomic mass is 10.1. The van der Waals surface area contributed by atoms with Gasteiger partial charge in [0.05, 0.1) is 6.04 Å². The normalized spacial score (nSPS) is 13.0. The van der Waals surface area contributed by atoms with Gasteiger partial charge in [0.1, 0.15) is 11.5 Å². The molecule has 22 heavy (non-hydrogen) atoms. The fourth-order valence-corrected chi connectivity index (χ4v) is 2.41. The van der Waals surface area contributed by atoms with E-state index >= 15 is 0 Å². The predicted octanol–water partition coefficient (Wildman–Crippen LogP) is 3.58. The lowest BCUT2D eigenvalue weighted by Gasteiger charge is -2.17. The van der Waals surface area contributed by atoms with E-state index in [2.05, 4.69) is 53.7 Å². The first-order valence-electron chi connectivity index (χ1n) is 7.74. The zero-order chi connectivity index (χ0) is 15.9. The van der Waals surface area contributed by atoms with Crippen LogP contribution in [-0.2, 0) is 13.0 Å². The molecule has 0 aliphatic carbocycles. The zero-order valence-corrected chi connectivity index (χ0v) is 13.8. The Kier molecular flexibility index (Phi) is 5.64. The number of nitrogens with zero attached hydrogens (tertiary/aromatic N) is 1. The largest absolute Gasteiger partial charge is 0.464 e. The van der Waals surface area contributed by atoms with Gasteiger partial charge in [-0.25, -0.2) is 0 Å². The summed E-state index contributed by atoms with van der Waals surface area (Å²) in [7, 11) is 1.78. The maximum absolute atomic E-state index is 5.64. The number of hydrogen-bond donors (Lipinski definition) is 2. The number of hydrogen-bond acceptors (Lipinski definition) is 2. The molecule has 4 heteroatoms. The van der Waals surface area contributed by atoms with Crippen molar-refractivity contribution in [3.63, 3.8) is 0 Å². The molecule has 0 spiro atoms. The Morgan fingerprint density at radius 1 is 1.18 bits per heavy atom. The van der Waals surface area contributed by atoms with Crippen LogP contribution in [0.5, 0.6) is 0 Å². The standard InChI is InChI=1S/C18H25N3O/c1-5-15-8-6-7-9-16(15)12-20-18(19-4)21-14(3)17-11-10-13(2)22-17/h6-11,14H,5,12H2,1-4H3,(H2,19,20,21). The minimum absolute atomic E-state index is 0.0707. The van der Waals surface area contributed by atoms with Crippen molar-refractivity contribution in [3.05, 3.63) is 59.0 Å². The molecule has 1 aromatic heterocycles. The molecule has 1 atom stereocenters. The van der Waals surface area contributed by atoms with Crippen molar-refractivity contribution in [3.8, 4) is 0 Å².